The smallest absolute Gasteiger partial charge is 0.0977 e. The molecule has 1 aliphatic rings. The molecule has 1 aliphatic heterocycles. The Morgan fingerprint density at radius 1 is 1.38 bits per heavy atom. The van der Waals surface area contributed by atoms with Gasteiger partial charge in [-0.25, -0.2) is 0 Å². The van der Waals surface area contributed by atoms with E-state index in [-0.39, 0.29) is 12.7 Å². The molecule has 1 heterocycles. The van der Waals surface area contributed by atoms with Crippen LogP contribution in [-0.2, 0) is 4.74 Å². The van der Waals surface area contributed by atoms with Crippen LogP contribution in [0.4, 0.5) is 0 Å². The summed E-state index contributed by atoms with van der Waals surface area (Å²) in [5, 5.41) is 9.01. The Morgan fingerprint density at radius 3 is 2.81 bits per heavy atom. The maximum atomic E-state index is 9.01. The number of hydrogen-bond acceptors (Lipinski definition) is 3. The van der Waals surface area contributed by atoms with Crippen molar-refractivity contribution < 1.29 is 9.84 Å². The zero-order chi connectivity index (χ0) is 11.4. The van der Waals surface area contributed by atoms with Crippen molar-refractivity contribution in [2.75, 3.05) is 26.3 Å². The number of rotatable bonds is 3. The second kappa shape index (κ2) is 5.43. The summed E-state index contributed by atoms with van der Waals surface area (Å²) in [7, 11) is 0. The van der Waals surface area contributed by atoms with Crippen LogP contribution in [0.2, 0.25) is 0 Å². The van der Waals surface area contributed by atoms with E-state index >= 15 is 0 Å². The molecule has 0 aliphatic carbocycles. The van der Waals surface area contributed by atoms with E-state index in [4.69, 9.17) is 9.84 Å². The van der Waals surface area contributed by atoms with Gasteiger partial charge in [-0.2, -0.15) is 0 Å². The Labute approximate surface area is 96.6 Å². The van der Waals surface area contributed by atoms with Crippen molar-refractivity contribution in [3.05, 3.63) is 35.9 Å². The molecule has 3 nitrogen and oxygen atoms in total. The van der Waals surface area contributed by atoms with Crippen LogP contribution in [0.5, 0.6) is 0 Å². The van der Waals surface area contributed by atoms with Crippen LogP contribution in [0.3, 0.4) is 0 Å². The summed E-state index contributed by atoms with van der Waals surface area (Å²) in [6.45, 7) is 4.75. The highest BCUT2D eigenvalue weighted by Gasteiger charge is 2.29. The summed E-state index contributed by atoms with van der Waals surface area (Å²) in [6, 6.07) is 10.6. The van der Waals surface area contributed by atoms with Gasteiger partial charge >= 0.3 is 0 Å². The molecule has 0 spiro atoms. The van der Waals surface area contributed by atoms with Gasteiger partial charge in [-0.05, 0) is 12.5 Å². The first-order valence-corrected chi connectivity index (χ1v) is 5.84. The number of benzene rings is 1. The van der Waals surface area contributed by atoms with Gasteiger partial charge in [-0.3, -0.25) is 4.90 Å². The lowest BCUT2D eigenvalue weighted by atomic mass is 10.0. The molecule has 16 heavy (non-hydrogen) atoms. The van der Waals surface area contributed by atoms with E-state index < -0.39 is 0 Å². The number of β-amino-alcohol motifs (C(OH)–C–C–N with tert-alkyl or cyclic N) is 1. The molecule has 2 rings (SSSR count). The predicted molar refractivity (Wildman–Crippen MR) is 63.3 cm³/mol. The molecule has 3 heteroatoms. The molecule has 0 amide bonds. The van der Waals surface area contributed by atoms with Crippen molar-refractivity contribution in [1.29, 1.82) is 0 Å². The third-order valence-electron chi connectivity index (χ3n) is 3.21. The van der Waals surface area contributed by atoms with E-state index in [1.54, 1.807) is 0 Å². The highest BCUT2D eigenvalue weighted by molar-refractivity contribution is 5.19. The third kappa shape index (κ3) is 2.43. The molecule has 1 saturated heterocycles. The topological polar surface area (TPSA) is 32.7 Å². The molecule has 1 aromatic carbocycles. The maximum absolute atomic E-state index is 9.01. The molecule has 1 aromatic rings. The quantitative estimate of drug-likeness (QED) is 0.838. The fourth-order valence-corrected chi connectivity index (χ4v) is 2.29. The first kappa shape index (κ1) is 11.6. The standard InChI is InChI=1S/C13H19NO2/c1-11-13(12-5-3-2-4-6-12)16-10-8-14(11)7-9-15/h2-6,11,13,15H,7-10H2,1H3. The molecule has 88 valence electrons. The molecular weight excluding hydrogens is 202 g/mol. The third-order valence-corrected chi connectivity index (χ3v) is 3.21. The summed E-state index contributed by atoms with van der Waals surface area (Å²) in [5.74, 6) is 0. The van der Waals surface area contributed by atoms with E-state index in [0.717, 1.165) is 19.7 Å². The maximum Gasteiger partial charge on any atom is 0.0977 e. The Hall–Kier alpha value is -0.900. The molecule has 0 saturated carbocycles. The van der Waals surface area contributed by atoms with Gasteiger partial charge in [0.05, 0.1) is 19.3 Å². The van der Waals surface area contributed by atoms with Gasteiger partial charge in [-0.1, -0.05) is 30.3 Å². The molecule has 1 N–H and O–H groups in total. The van der Waals surface area contributed by atoms with Crippen LogP contribution >= 0.6 is 0 Å². The van der Waals surface area contributed by atoms with Gasteiger partial charge in [0.2, 0.25) is 0 Å². The Bertz CT molecular complexity index is 313. The number of ether oxygens (including phenoxy) is 1. The molecule has 0 aromatic heterocycles. The normalized spacial score (nSPS) is 26.9. The Morgan fingerprint density at radius 2 is 2.12 bits per heavy atom. The van der Waals surface area contributed by atoms with Crippen LogP contribution in [0.15, 0.2) is 30.3 Å². The molecular formula is C13H19NO2. The first-order chi connectivity index (χ1) is 7.83. The van der Waals surface area contributed by atoms with Crippen LogP contribution in [0.25, 0.3) is 0 Å². The summed E-state index contributed by atoms with van der Waals surface area (Å²) >= 11 is 0. The lowest BCUT2D eigenvalue weighted by Gasteiger charge is -2.39. The molecule has 0 bridgehead atoms. The van der Waals surface area contributed by atoms with Crippen molar-refractivity contribution >= 4 is 0 Å². The van der Waals surface area contributed by atoms with Gasteiger partial charge in [-0.15, -0.1) is 0 Å². The largest absolute Gasteiger partial charge is 0.395 e. The Kier molecular flexibility index (Phi) is 3.93. The minimum Gasteiger partial charge on any atom is -0.395 e. The van der Waals surface area contributed by atoms with Crippen molar-refractivity contribution in [2.24, 2.45) is 0 Å². The van der Waals surface area contributed by atoms with Gasteiger partial charge in [0.15, 0.2) is 0 Å². The number of hydrogen-bond donors (Lipinski definition) is 1. The van der Waals surface area contributed by atoms with E-state index in [9.17, 15) is 0 Å². The van der Waals surface area contributed by atoms with Gasteiger partial charge in [0.1, 0.15) is 0 Å². The summed E-state index contributed by atoms with van der Waals surface area (Å²) in [6.07, 6.45) is 0.126. The molecule has 1 fully saturated rings. The van der Waals surface area contributed by atoms with Gasteiger partial charge < -0.3 is 9.84 Å². The second-order valence-electron chi connectivity index (χ2n) is 4.20. The fourth-order valence-electron chi connectivity index (χ4n) is 2.29. The average Bonchev–Trinajstić information content (AvgIpc) is 2.33. The van der Waals surface area contributed by atoms with E-state index in [1.807, 2.05) is 18.2 Å². The lowest BCUT2D eigenvalue weighted by molar-refractivity contribution is -0.0703. The minimum absolute atomic E-state index is 0.126. The van der Waals surface area contributed by atoms with Gasteiger partial charge in [0.25, 0.3) is 0 Å². The van der Waals surface area contributed by atoms with Crippen molar-refractivity contribution in [1.82, 2.24) is 4.90 Å². The van der Waals surface area contributed by atoms with Crippen LogP contribution in [-0.4, -0.2) is 42.4 Å². The lowest BCUT2D eigenvalue weighted by Crippen LogP contribution is -2.46. The SMILES string of the molecule is CC1C(c2ccccc2)OCCN1CCO. The van der Waals surface area contributed by atoms with Crippen LogP contribution in [0.1, 0.15) is 18.6 Å². The van der Waals surface area contributed by atoms with Crippen molar-refractivity contribution in [3.8, 4) is 0 Å². The first-order valence-electron chi connectivity index (χ1n) is 5.84. The monoisotopic (exact) mass is 221 g/mol. The molecule has 2 atom stereocenters. The number of nitrogens with zero attached hydrogens (tertiary/aromatic N) is 1. The van der Waals surface area contributed by atoms with Crippen molar-refractivity contribution in [2.45, 2.75) is 19.1 Å². The predicted octanol–water partition coefficient (Wildman–Crippen LogP) is 1.44. The Balaban J connectivity index is 2.10. The highest BCUT2D eigenvalue weighted by atomic mass is 16.5. The number of aliphatic hydroxyl groups is 1. The summed E-state index contributed by atoms with van der Waals surface area (Å²) < 4.78 is 5.83. The van der Waals surface area contributed by atoms with Crippen LogP contribution in [0, 0.1) is 0 Å². The fraction of sp³-hybridized carbons (Fsp3) is 0.538. The van der Waals surface area contributed by atoms with Gasteiger partial charge in [0, 0.05) is 19.1 Å². The van der Waals surface area contributed by atoms with Crippen LogP contribution < -0.4 is 0 Å². The van der Waals surface area contributed by atoms with E-state index in [1.165, 1.54) is 5.56 Å². The van der Waals surface area contributed by atoms with E-state index in [0.29, 0.717) is 6.04 Å². The van der Waals surface area contributed by atoms with E-state index in [2.05, 4.69) is 24.0 Å². The zero-order valence-corrected chi connectivity index (χ0v) is 9.67. The zero-order valence-electron chi connectivity index (χ0n) is 9.67. The minimum atomic E-state index is 0.126. The second-order valence-corrected chi connectivity index (χ2v) is 4.20. The molecule has 2 unspecified atom stereocenters. The summed E-state index contributed by atoms with van der Waals surface area (Å²) in [4.78, 5) is 2.28. The average molecular weight is 221 g/mol. The van der Waals surface area contributed by atoms with Crippen molar-refractivity contribution in [3.63, 3.8) is 0 Å². The summed E-state index contributed by atoms with van der Waals surface area (Å²) in [5.41, 5.74) is 1.22. The highest BCUT2D eigenvalue weighted by Crippen LogP contribution is 2.27. The number of aliphatic hydroxyl groups excluding tert-OH is 1. The molecule has 0 radical (unpaired) electrons. The number of morpholine rings is 1.